The summed E-state index contributed by atoms with van der Waals surface area (Å²) in [7, 11) is 2.04. The molecule has 0 aliphatic heterocycles. The lowest BCUT2D eigenvalue weighted by Crippen LogP contribution is -2.18. The van der Waals surface area contributed by atoms with Crippen LogP contribution in [0.4, 0.5) is 0 Å². The van der Waals surface area contributed by atoms with Gasteiger partial charge in [0.05, 0.1) is 0 Å². The summed E-state index contributed by atoms with van der Waals surface area (Å²) in [4.78, 5) is 1.29. The van der Waals surface area contributed by atoms with Gasteiger partial charge in [-0.25, -0.2) is 0 Å². The van der Waals surface area contributed by atoms with Gasteiger partial charge >= 0.3 is 0 Å². The van der Waals surface area contributed by atoms with Gasteiger partial charge in [0.1, 0.15) is 0 Å². The molecule has 112 valence electrons. The molecule has 0 saturated carbocycles. The van der Waals surface area contributed by atoms with E-state index in [1.165, 1.54) is 26.9 Å². The van der Waals surface area contributed by atoms with Crippen LogP contribution in [0.25, 0.3) is 0 Å². The predicted octanol–water partition coefficient (Wildman–Crippen LogP) is 5.45. The number of nitrogens with one attached hydrogen (secondary N) is 1. The molecular weight excluding hydrogens is 342 g/mol. The van der Waals surface area contributed by atoms with E-state index >= 15 is 0 Å². The molecule has 2 aromatic carbocycles. The third-order valence-electron chi connectivity index (χ3n) is 3.48. The molecule has 0 spiro atoms. The van der Waals surface area contributed by atoms with E-state index in [4.69, 9.17) is 0 Å². The van der Waals surface area contributed by atoms with E-state index in [0.29, 0.717) is 6.04 Å². The number of thioether (sulfide) groups is 1. The van der Waals surface area contributed by atoms with Gasteiger partial charge in [0, 0.05) is 21.2 Å². The van der Waals surface area contributed by atoms with Crippen molar-refractivity contribution in [3.05, 3.63) is 64.1 Å². The topological polar surface area (TPSA) is 12.0 Å². The van der Waals surface area contributed by atoms with Crippen LogP contribution in [0.3, 0.4) is 0 Å². The van der Waals surface area contributed by atoms with Crippen molar-refractivity contribution in [2.24, 2.45) is 0 Å². The Morgan fingerprint density at radius 1 is 1.14 bits per heavy atom. The van der Waals surface area contributed by atoms with E-state index in [0.717, 1.165) is 12.2 Å². The normalized spacial score (nSPS) is 12.3. The second kappa shape index (κ2) is 8.62. The van der Waals surface area contributed by atoms with Crippen LogP contribution in [0.5, 0.6) is 0 Å². The summed E-state index contributed by atoms with van der Waals surface area (Å²) in [5, 5.41) is 3.44. The number of hydrogen-bond donors (Lipinski definition) is 1. The monoisotopic (exact) mass is 363 g/mol. The molecule has 0 aliphatic rings. The zero-order chi connectivity index (χ0) is 15.1. The maximum Gasteiger partial charge on any atom is 0.0413 e. The average Bonchev–Trinajstić information content (AvgIpc) is 2.50. The molecule has 1 atom stereocenters. The lowest BCUT2D eigenvalue weighted by atomic mass is 10.0. The predicted molar refractivity (Wildman–Crippen MR) is 97.1 cm³/mol. The summed E-state index contributed by atoms with van der Waals surface area (Å²) < 4.78 is 1.17. The largest absolute Gasteiger partial charge is 0.312 e. The highest BCUT2D eigenvalue weighted by Gasteiger charge is 2.11. The molecule has 1 N–H and O–H groups in total. The molecule has 2 aromatic rings. The zero-order valence-corrected chi connectivity index (χ0v) is 15.0. The van der Waals surface area contributed by atoms with Gasteiger partial charge in [0.25, 0.3) is 0 Å². The van der Waals surface area contributed by atoms with Crippen LogP contribution >= 0.6 is 27.7 Å². The third-order valence-corrected chi connectivity index (χ3v) is 5.60. The smallest absolute Gasteiger partial charge is 0.0413 e. The molecule has 0 bridgehead atoms. The third kappa shape index (κ3) is 4.87. The molecule has 0 heterocycles. The first-order valence-electron chi connectivity index (χ1n) is 7.38. The molecule has 0 aromatic heterocycles. The van der Waals surface area contributed by atoms with E-state index < -0.39 is 0 Å². The summed E-state index contributed by atoms with van der Waals surface area (Å²) in [5.74, 6) is 1.02. The van der Waals surface area contributed by atoms with Gasteiger partial charge in [-0.15, -0.1) is 11.8 Å². The molecule has 1 nitrogen and oxygen atoms in total. The number of benzene rings is 2. The quantitative estimate of drug-likeness (QED) is 0.655. The first-order chi connectivity index (χ1) is 10.2. The Balaban J connectivity index is 2.06. The minimum Gasteiger partial charge on any atom is -0.312 e. The fourth-order valence-electron chi connectivity index (χ4n) is 2.34. The Kier molecular flexibility index (Phi) is 6.81. The van der Waals surface area contributed by atoms with Crippen molar-refractivity contribution in [1.29, 1.82) is 0 Å². The fourth-order valence-corrected chi connectivity index (χ4v) is 4.05. The van der Waals surface area contributed by atoms with Crippen LogP contribution in [0.15, 0.2) is 57.9 Å². The van der Waals surface area contributed by atoms with Gasteiger partial charge < -0.3 is 5.32 Å². The van der Waals surface area contributed by atoms with Crippen molar-refractivity contribution < 1.29 is 0 Å². The maximum absolute atomic E-state index is 3.62. The summed E-state index contributed by atoms with van der Waals surface area (Å²) in [6.07, 6.45) is 2.35. The second-order valence-electron chi connectivity index (χ2n) is 5.08. The molecule has 1 unspecified atom stereocenters. The Hall–Kier alpha value is -0.770. The Bertz CT molecular complexity index is 571. The van der Waals surface area contributed by atoms with Crippen molar-refractivity contribution in [2.45, 2.75) is 30.7 Å². The van der Waals surface area contributed by atoms with E-state index in [1.54, 1.807) is 0 Å². The highest BCUT2D eigenvalue weighted by atomic mass is 79.9. The highest BCUT2D eigenvalue weighted by molar-refractivity contribution is 9.10. The Morgan fingerprint density at radius 2 is 1.95 bits per heavy atom. The molecule has 0 amide bonds. The van der Waals surface area contributed by atoms with Gasteiger partial charge in [-0.05, 0) is 52.7 Å². The molecular formula is C18H22BrNS. The fraction of sp³-hybridized carbons (Fsp3) is 0.333. The second-order valence-corrected chi connectivity index (χ2v) is 6.99. The molecule has 2 rings (SSSR count). The first-order valence-corrected chi connectivity index (χ1v) is 9.16. The molecule has 0 fully saturated rings. The molecule has 0 radical (unpaired) electrons. The van der Waals surface area contributed by atoms with Crippen LogP contribution in [-0.4, -0.2) is 12.8 Å². The lowest BCUT2D eigenvalue weighted by Gasteiger charge is -2.17. The van der Waals surface area contributed by atoms with Gasteiger partial charge in [-0.1, -0.05) is 49.7 Å². The molecule has 21 heavy (non-hydrogen) atoms. The van der Waals surface area contributed by atoms with Crippen molar-refractivity contribution >= 4 is 27.7 Å². The van der Waals surface area contributed by atoms with E-state index in [-0.39, 0.29) is 0 Å². The SMILES string of the molecule is CCCc1cccc(C(CSc2ccccc2Br)NC)c1. The van der Waals surface area contributed by atoms with Crippen molar-refractivity contribution in [1.82, 2.24) is 5.32 Å². The van der Waals surface area contributed by atoms with E-state index in [9.17, 15) is 0 Å². The van der Waals surface area contributed by atoms with Crippen molar-refractivity contribution in [2.75, 3.05) is 12.8 Å². The van der Waals surface area contributed by atoms with Crippen LogP contribution in [0.2, 0.25) is 0 Å². The highest BCUT2D eigenvalue weighted by Crippen LogP contribution is 2.30. The summed E-state index contributed by atoms with van der Waals surface area (Å²) >= 11 is 5.50. The lowest BCUT2D eigenvalue weighted by molar-refractivity contribution is 0.660. The molecule has 0 aliphatic carbocycles. The van der Waals surface area contributed by atoms with Crippen LogP contribution in [0.1, 0.15) is 30.5 Å². The number of hydrogen-bond acceptors (Lipinski definition) is 2. The number of aryl methyl sites for hydroxylation is 1. The van der Waals surface area contributed by atoms with E-state index in [1.807, 2.05) is 18.8 Å². The standard InChI is InChI=1S/C18H22BrNS/c1-3-7-14-8-6-9-15(12-14)17(20-2)13-21-18-11-5-4-10-16(18)19/h4-6,8-12,17,20H,3,7,13H2,1-2H3. The van der Waals surface area contributed by atoms with Crippen LogP contribution in [-0.2, 0) is 6.42 Å². The Labute approximate surface area is 140 Å². The van der Waals surface area contributed by atoms with Crippen molar-refractivity contribution in [3.63, 3.8) is 0 Å². The first kappa shape index (κ1) is 16.6. The minimum atomic E-state index is 0.374. The average molecular weight is 364 g/mol. The zero-order valence-electron chi connectivity index (χ0n) is 12.6. The number of halogens is 1. The van der Waals surface area contributed by atoms with Gasteiger partial charge in [-0.2, -0.15) is 0 Å². The summed E-state index contributed by atoms with van der Waals surface area (Å²) in [5.41, 5.74) is 2.81. The van der Waals surface area contributed by atoms with Gasteiger partial charge in [-0.3, -0.25) is 0 Å². The summed E-state index contributed by atoms with van der Waals surface area (Å²) in [6, 6.07) is 17.7. The maximum atomic E-state index is 3.62. The van der Waals surface area contributed by atoms with Crippen molar-refractivity contribution in [3.8, 4) is 0 Å². The van der Waals surface area contributed by atoms with Crippen LogP contribution < -0.4 is 5.32 Å². The van der Waals surface area contributed by atoms with Crippen LogP contribution in [0, 0.1) is 0 Å². The summed E-state index contributed by atoms with van der Waals surface area (Å²) in [6.45, 7) is 2.23. The molecule has 0 saturated heterocycles. The van der Waals surface area contributed by atoms with Gasteiger partial charge in [0.15, 0.2) is 0 Å². The number of rotatable bonds is 7. The van der Waals surface area contributed by atoms with E-state index in [2.05, 4.69) is 76.7 Å². The molecule has 3 heteroatoms. The minimum absolute atomic E-state index is 0.374. The van der Waals surface area contributed by atoms with Gasteiger partial charge in [0.2, 0.25) is 0 Å². The Morgan fingerprint density at radius 3 is 2.67 bits per heavy atom.